The number of likely N-dealkylation sites (N-methyl/N-ethyl adjacent to an activating group) is 2. The molecule has 0 bridgehead atoms. The number of hydrogen-bond acceptors (Lipinski definition) is 7. The molecule has 1 fully saturated rings. The van der Waals surface area contributed by atoms with E-state index >= 15 is 0 Å². The molecule has 0 spiro atoms. The van der Waals surface area contributed by atoms with Crippen LogP contribution in [0.1, 0.15) is 19.4 Å². The molecule has 0 radical (unpaired) electrons. The first-order valence-corrected chi connectivity index (χ1v) is 8.61. The number of hydrogen-bond donors (Lipinski definition) is 3. The SMILES string of the molecule is CCN1CCN(CC)C(C(=O)Nc2ccccc2C)C1.O=[N+]([O-])O.O=[N+]([O-])O. The first kappa shape index (κ1) is 25.0. The molecule has 1 atom stereocenters. The second-order valence-corrected chi connectivity index (χ2v) is 5.82. The van der Waals surface area contributed by atoms with Gasteiger partial charge < -0.3 is 20.6 Å². The van der Waals surface area contributed by atoms with Gasteiger partial charge in [0.15, 0.2) is 0 Å². The van der Waals surface area contributed by atoms with Crippen LogP contribution in [-0.2, 0) is 4.79 Å². The van der Waals surface area contributed by atoms with Crippen molar-refractivity contribution in [2.45, 2.75) is 26.8 Å². The lowest BCUT2D eigenvalue weighted by molar-refractivity contribution is -0.742. The molecule has 0 aromatic heterocycles. The lowest BCUT2D eigenvalue weighted by atomic mass is 10.1. The molecule has 1 aliphatic heterocycles. The molecular weight excluding hydrogens is 374 g/mol. The van der Waals surface area contributed by atoms with Gasteiger partial charge in [-0.05, 0) is 31.6 Å². The zero-order valence-electron chi connectivity index (χ0n) is 16.1. The average molecular weight is 401 g/mol. The van der Waals surface area contributed by atoms with Crippen LogP contribution in [0.5, 0.6) is 0 Å². The summed E-state index contributed by atoms with van der Waals surface area (Å²) < 4.78 is 0. The highest BCUT2D eigenvalue weighted by atomic mass is 16.9. The number of nitrogens with one attached hydrogen (secondary N) is 1. The normalized spacial score (nSPS) is 16.6. The van der Waals surface area contributed by atoms with Crippen LogP contribution >= 0.6 is 0 Å². The maximum Gasteiger partial charge on any atom is 0.291 e. The third-order valence-electron chi connectivity index (χ3n) is 4.13. The highest BCUT2D eigenvalue weighted by molar-refractivity contribution is 5.95. The smallest absolute Gasteiger partial charge is 0.291 e. The molecule has 3 N–H and O–H groups in total. The Labute approximate surface area is 162 Å². The molecule has 0 saturated carbocycles. The number of nitrogens with zero attached hydrogens (tertiary/aromatic N) is 4. The predicted octanol–water partition coefficient (Wildman–Crippen LogP) is 1.26. The van der Waals surface area contributed by atoms with Crippen molar-refractivity contribution in [2.75, 3.05) is 38.0 Å². The molecule has 0 aliphatic carbocycles. The van der Waals surface area contributed by atoms with E-state index in [0.717, 1.165) is 44.0 Å². The van der Waals surface area contributed by atoms with Gasteiger partial charge in [-0.1, -0.05) is 32.0 Å². The van der Waals surface area contributed by atoms with Gasteiger partial charge in [-0.3, -0.25) is 9.69 Å². The minimum absolute atomic E-state index is 0.0479. The highest BCUT2D eigenvalue weighted by Crippen LogP contribution is 2.16. The van der Waals surface area contributed by atoms with Crippen LogP contribution in [-0.4, -0.2) is 75.1 Å². The summed E-state index contributed by atoms with van der Waals surface area (Å²) in [4.78, 5) is 33.9. The van der Waals surface area contributed by atoms with Crippen LogP contribution in [0.25, 0.3) is 0 Å². The van der Waals surface area contributed by atoms with E-state index in [1.165, 1.54) is 0 Å². The largest absolute Gasteiger partial charge is 0.328 e. The van der Waals surface area contributed by atoms with Crippen LogP contribution in [0.4, 0.5) is 5.69 Å². The number of carbonyl (C=O) groups is 1. The van der Waals surface area contributed by atoms with E-state index in [-0.39, 0.29) is 11.9 Å². The lowest BCUT2D eigenvalue weighted by Gasteiger charge is -2.39. The molecule has 1 heterocycles. The van der Waals surface area contributed by atoms with Crippen molar-refractivity contribution in [2.24, 2.45) is 0 Å². The highest BCUT2D eigenvalue weighted by Gasteiger charge is 2.30. The number of piperazine rings is 1. The van der Waals surface area contributed by atoms with E-state index in [9.17, 15) is 4.79 Å². The first-order valence-electron chi connectivity index (χ1n) is 8.61. The maximum atomic E-state index is 12.6. The monoisotopic (exact) mass is 401 g/mol. The van der Waals surface area contributed by atoms with Crippen LogP contribution in [0.3, 0.4) is 0 Å². The number of amides is 1. The van der Waals surface area contributed by atoms with Gasteiger partial charge in [0.25, 0.3) is 10.2 Å². The molecule has 28 heavy (non-hydrogen) atoms. The molecular formula is C16H27N5O7. The Morgan fingerprint density at radius 1 is 1.14 bits per heavy atom. The average Bonchev–Trinajstić information content (AvgIpc) is 2.62. The number of para-hydroxylation sites is 1. The van der Waals surface area contributed by atoms with Gasteiger partial charge in [-0.2, -0.15) is 0 Å². The van der Waals surface area contributed by atoms with Crippen molar-refractivity contribution in [3.05, 3.63) is 50.1 Å². The molecule has 158 valence electrons. The van der Waals surface area contributed by atoms with Gasteiger partial charge in [0.1, 0.15) is 6.04 Å². The quantitative estimate of drug-likeness (QED) is 0.498. The second kappa shape index (κ2) is 13.2. The fraction of sp³-hybridized carbons (Fsp3) is 0.562. The van der Waals surface area contributed by atoms with Crippen LogP contribution in [0, 0.1) is 27.2 Å². The molecule has 12 nitrogen and oxygen atoms in total. The van der Waals surface area contributed by atoms with E-state index < -0.39 is 10.2 Å². The molecule has 12 heteroatoms. The number of aryl methyl sites for hydroxylation is 1. The number of carbonyl (C=O) groups excluding carboxylic acids is 1. The fourth-order valence-electron chi connectivity index (χ4n) is 2.72. The summed E-state index contributed by atoms with van der Waals surface area (Å²) in [5, 5.41) is 30.4. The van der Waals surface area contributed by atoms with Crippen molar-refractivity contribution in [1.82, 2.24) is 9.80 Å². The Bertz CT molecular complexity index is 624. The van der Waals surface area contributed by atoms with Gasteiger partial charge in [0.2, 0.25) is 5.91 Å². The van der Waals surface area contributed by atoms with Crippen molar-refractivity contribution in [3.8, 4) is 0 Å². The van der Waals surface area contributed by atoms with Crippen molar-refractivity contribution < 1.29 is 25.4 Å². The molecule has 2 rings (SSSR count). The van der Waals surface area contributed by atoms with Crippen LogP contribution in [0.2, 0.25) is 0 Å². The Balaban J connectivity index is 0.000000776. The van der Waals surface area contributed by atoms with Crippen molar-refractivity contribution in [3.63, 3.8) is 0 Å². The molecule has 1 amide bonds. The summed E-state index contributed by atoms with van der Waals surface area (Å²) in [6.45, 7) is 11.1. The van der Waals surface area contributed by atoms with E-state index in [4.69, 9.17) is 30.6 Å². The minimum atomic E-state index is -1.50. The van der Waals surface area contributed by atoms with Crippen LogP contribution < -0.4 is 5.32 Å². The molecule has 1 unspecified atom stereocenters. The zero-order chi connectivity index (χ0) is 21.7. The van der Waals surface area contributed by atoms with E-state index in [0.29, 0.717) is 0 Å². The Hall–Kier alpha value is -2.99. The summed E-state index contributed by atoms with van der Waals surface area (Å²) in [6.07, 6.45) is 0. The summed E-state index contributed by atoms with van der Waals surface area (Å²) in [7, 11) is 0. The van der Waals surface area contributed by atoms with E-state index in [2.05, 4.69) is 29.0 Å². The molecule has 1 aromatic carbocycles. The summed E-state index contributed by atoms with van der Waals surface area (Å²) in [6, 6.07) is 7.88. The second-order valence-electron chi connectivity index (χ2n) is 5.82. The standard InChI is InChI=1S/C16H25N3O.2HNO3/c1-4-18-10-11-19(5-2)15(12-18)16(20)17-14-9-7-6-8-13(14)3;2*2-1(3)4/h6-9,15H,4-5,10-12H2,1-3H3,(H,17,20);2*(H,2,3,4). The van der Waals surface area contributed by atoms with Gasteiger partial charge in [0, 0.05) is 25.3 Å². The van der Waals surface area contributed by atoms with Crippen molar-refractivity contribution in [1.29, 1.82) is 0 Å². The number of rotatable bonds is 4. The van der Waals surface area contributed by atoms with Gasteiger partial charge >= 0.3 is 0 Å². The Kier molecular flexibility index (Phi) is 11.8. The third kappa shape index (κ3) is 10.2. The van der Waals surface area contributed by atoms with Crippen molar-refractivity contribution >= 4 is 11.6 Å². The zero-order valence-corrected chi connectivity index (χ0v) is 16.1. The molecule has 1 saturated heterocycles. The van der Waals surface area contributed by atoms with Gasteiger partial charge in [-0.15, -0.1) is 20.2 Å². The molecule has 1 aliphatic rings. The summed E-state index contributed by atoms with van der Waals surface area (Å²) in [5.41, 5.74) is 2.02. The fourth-order valence-corrected chi connectivity index (χ4v) is 2.72. The Morgan fingerprint density at radius 3 is 2.14 bits per heavy atom. The predicted molar refractivity (Wildman–Crippen MR) is 101 cm³/mol. The summed E-state index contributed by atoms with van der Waals surface area (Å²) in [5.74, 6) is 0.110. The van der Waals surface area contributed by atoms with E-state index in [1.54, 1.807) is 0 Å². The Morgan fingerprint density at radius 2 is 1.68 bits per heavy atom. The number of benzene rings is 1. The third-order valence-corrected chi connectivity index (χ3v) is 4.13. The van der Waals surface area contributed by atoms with Gasteiger partial charge in [-0.25, -0.2) is 0 Å². The lowest BCUT2D eigenvalue weighted by Crippen LogP contribution is -2.57. The topological polar surface area (TPSA) is 162 Å². The minimum Gasteiger partial charge on any atom is -0.328 e. The van der Waals surface area contributed by atoms with Gasteiger partial charge in [0.05, 0.1) is 0 Å². The van der Waals surface area contributed by atoms with Crippen LogP contribution in [0.15, 0.2) is 24.3 Å². The van der Waals surface area contributed by atoms with E-state index in [1.807, 2.05) is 31.2 Å². The number of anilines is 1. The first-order chi connectivity index (χ1) is 13.1. The maximum absolute atomic E-state index is 12.6. The molecule has 1 aromatic rings. The summed E-state index contributed by atoms with van der Waals surface area (Å²) >= 11 is 0.